The maximum absolute atomic E-state index is 12.4. The Morgan fingerprint density at radius 3 is 1.92 bits per heavy atom. The highest BCUT2D eigenvalue weighted by molar-refractivity contribution is 7.92. The molecule has 0 fully saturated rings. The third-order valence-corrected chi connectivity index (χ3v) is 5.28. The molecule has 0 saturated heterocycles. The molecule has 1 N–H and O–H groups in total. The maximum atomic E-state index is 12.4. The van der Waals surface area contributed by atoms with Gasteiger partial charge in [0.2, 0.25) is 0 Å². The van der Waals surface area contributed by atoms with Crippen LogP contribution < -0.4 is 4.72 Å². The molecule has 0 spiro atoms. The summed E-state index contributed by atoms with van der Waals surface area (Å²) >= 11 is 0. The van der Waals surface area contributed by atoms with E-state index in [0.717, 1.165) is 23.1 Å². The Kier molecular flexibility index (Phi) is 4.67. The van der Waals surface area contributed by atoms with Crippen molar-refractivity contribution in [3.63, 3.8) is 0 Å². The van der Waals surface area contributed by atoms with Crippen LogP contribution in [-0.2, 0) is 16.4 Å². The minimum atomic E-state index is -3.57. The molecule has 3 rings (SSSR count). The molecule has 4 heteroatoms. The Labute approximate surface area is 143 Å². The summed E-state index contributed by atoms with van der Waals surface area (Å²) in [5.74, 6) is 0. The molecule has 0 bridgehead atoms. The second-order valence-corrected chi connectivity index (χ2v) is 7.23. The summed E-state index contributed by atoms with van der Waals surface area (Å²) in [6.45, 7) is 2.04. The lowest BCUT2D eigenvalue weighted by Crippen LogP contribution is -2.12. The zero-order chi connectivity index (χ0) is 17.0. The van der Waals surface area contributed by atoms with E-state index in [2.05, 4.69) is 4.72 Å². The van der Waals surface area contributed by atoms with Gasteiger partial charge in [-0.3, -0.25) is 4.72 Å². The average molecular weight is 337 g/mol. The van der Waals surface area contributed by atoms with E-state index in [9.17, 15) is 8.42 Å². The minimum Gasteiger partial charge on any atom is -0.280 e. The number of sulfonamides is 1. The lowest BCUT2D eigenvalue weighted by Gasteiger charge is -2.09. The second kappa shape index (κ2) is 6.89. The molecule has 0 heterocycles. The molecule has 0 aliphatic rings. The lowest BCUT2D eigenvalue weighted by molar-refractivity contribution is 0.601. The van der Waals surface area contributed by atoms with Crippen molar-refractivity contribution in [2.24, 2.45) is 0 Å². The van der Waals surface area contributed by atoms with E-state index in [1.54, 1.807) is 24.3 Å². The predicted molar refractivity (Wildman–Crippen MR) is 98.5 cm³/mol. The molecule has 0 radical (unpaired) electrons. The number of hydrogen-bond donors (Lipinski definition) is 1. The SMILES string of the molecule is CCc1ccc(S(=O)(=O)Nc2ccc(-c3ccccc3)cc2)cc1. The fourth-order valence-corrected chi connectivity index (χ4v) is 3.54. The first-order chi connectivity index (χ1) is 11.6. The molecular formula is C20H19NO2S. The van der Waals surface area contributed by atoms with Gasteiger partial charge in [0, 0.05) is 5.69 Å². The average Bonchev–Trinajstić information content (AvgIpc) is 2.63. The van der Waals surface area contributed by atoms with E-state index >= 15 is 0 Å². The molecule has 0 aliphatic heterocycles. The van der Waals surface area contributed by atoms with Crippen LogP contribution in [0.25, 0.3) is 11.1 Å². The largest absolute Gasteiger partial charge is 0.280 e. The van der Waals surface area contributed by atoms with Crippen molar-refractivity contribution in [1.29, 1.82) is 0 Å². The topological polar surface area (TPSA) is 46.2 Å². The highest BCUT2D eigenvalue weighted by atomic mass is 32.2. The first-order valence-electron chi connectivity index (χ1n) is 7.86. The Morgan fingerprint density at radius 1 is 0.750 bits per heavy atom. The molecule has 0 atom stereocenters. The van der Waals surface area contributed by atoms with Crippen molar-refractivity contribution in [1.82, 2.24) is 0 Å². The van der Waals surface area contributed by atoms with Gasteiger partial charge in [-0.1, -0.05) is 61.5 Å². The number of benzene rings is 3. The predicted octanol–water partition coefficient (Wildman–Crippen LogP) is 4.72. The Morgan fingerprint density at radius 2 is 1.33 bits per heavy atom. The van der Waals surface area contributed by atoms with Crippen molar-refractivity contribution in [3.05, 3.63) is 84.4 Å². The van der Waals surface area contributed by atoms with Crippen molar-refractivity contribution in [2.75, 3.05) is 4.72 Å². The van der Waals surface area contributed by atoms with Crippen molar-refractivity contribution in [2.45, 2.75) is 18.2 Å². The molecule has 24 heavy (non-hydrogen) atoms. The minimum absolute atomic E-state index is 0.270. The molecule has 0 aliphatic carbocycles. The van der Waals surface area contributed by atoms with Gasteiger partial charge in [-0.25, -0.2) is 8.42 Å². The number of hydrogen-bond acceptors (Lipinski definition) is 2. The molecule has 122 valence electrons. The van der Waals surface area contributed by atoms with E-state index in [1.165, 1.54) is 0 Å². The third kappa shape index (κ3) is 3.66. The number of aryl methyl sites for hydroxylation is 1. The van der Waals surface area contributed by atoms with E-state index in [0.29, 0.717) is 5.69 Å². The first kappa shape index (κ1) is 16.3. The molecule has 0 saturated carbocycles. The lowest BCUT2D eigenvalue weighted by atomic mass is 10.1. The van der Waals surface area contributed by atoms with Crippen LogP contribution in [0.15, 0.2) is 83.8 Å². The van der Waals surface area contributed by atoms with Crippen LogP contribution in [-0.4, -0.2) is 8.42 Å². The van der Waals surface area contributed by atoms with Gasteiger partial charge >= 0.3 is 0 Å². The van der Waals surface area contributed by atoms with Crippen molar-refractivity contribution in [3.8, 4) is 11.1 Å². The molecule has 0 unspecified atom stereocenters. The zero-order valence-electron chi connectivity index (χ0n) is 13.4. The van der Waals surface area contributed by atoms with Gasteiger partial charge in [-0.2, -0.15) is 0 Å². The standard InChI is InChI=1S/C20H19NO2S/c1-2-16-8-14-20(15-9-16)24(22,23)21-19-12-10-18(11-13-19)17-6-4-3-5-7-17/h3-15,21H,2H2,1H3. The Hall–Kier alpha value is -2.59. The van der Waals surface area contributed by atoms with Crippen LogP contribution in [0.2, 0.25) is 0 Å². The first-order valence-corrected chi connectivity index (χ1v) is 9.34. The normalized spacial score (nSPS) is 11.2. The fraction of sp³-hybridized carbons (Fsp3) is 0.100. The van der Waals surface area contributed by atoms with Crippen LogP contribution in [0, 0.1) is 0 Å². The van der Waals surface area contributed by atoms with Crippen LogP contribution in [0.4, 0.5) is 5.69 Å². The Balaban J connectivity index is 1.79. The monoisotopic (exact) mass is 337 g/mol. The molecule has 3 nitrogen and oxygen atoms in total. The summed E-state index contributed by atoms with van der Waals surface area (Å²) in [5.41, 5.74) is 3.81. The smallest absolute Gasteiger partial charge is 0.261 e. The van der Waals surface area contributed by atoms with E-state index < -0.39 is 10.0 Å². The van der Waals surface area contributed by atoms with E-state index in [-0.39, 0.29) is 4.90 Å². The second-order valence-electron chi connectivity index (χ2n) is 5.55. The number of rotatable bonds is 5. The Bertz CT molecular complexity index is 900. The highest BCUT2D eigenvalue weighted by Crippen LogP contribution is 2.22. The van der Waals surface area contributed by atoms with E-state index in [1.807, 2.05) is 61.5 Å². The maximum Gasteiger partial charge on any atom is 0.261 e. The summed E-state index contributed by atoms with van der Waals surface area (Å²) in [5, 5.41) is 0. The van der Waals surface area contributed by atoms with Gasteiger partial charge < -0.3 is 0 Å². The highest BCUT2D eigenvalue weighted by Gasteiger charge is 2.13. The third-order valence-electron chi connectivity index (χ3n) is 3.89. The summed E-state index contributed by atoms with van der Waals surface area (Å²) in [6, 6.07) is 24.3. The van der Waals surface area contributed by atoms with Crippen LogP contribution in [0.3, 0.4) is 0 Å². The summed E-state index contributed by atoms with van der Waals surface area (Å²) in [4.78, 5) is 0.270. The van der Waals surface area contributed by atoms with Crippen LogP contribution >= 0.6 is 0 Å². The van der Waals surface area contributed by atoms with Gasteiger partial charge in [0.1, 0.15) is 0 Å². The molecule has 0 amide bonds. The zero-order valence-corrected chi connectivity index (χ0v) is 14.3. The quantitative estimate of drug-likeness (QED) is 0.732. The molecular weight excluding hydrogens is 318 g/mol. The van der Waals surface area contributed by atoms with Gasteiger partial charge in [0.05, 0.1) is 4.90 Å². The van der Waals surface area contributed by atoms with Gasteiger partial charge in [0.15, 0.2) is 0 Å². The summed E-state index contributed by atoms with van der Waals surface area (Å²) in [6.07, 6.45) is 0.884. The molecule has 3 aromatic carbocycles. The number of nitrogens with one attached hydrogen (secondary N) is 1. The summed E-state index contributed by atoms with van der Waals surface area (Å²) in [7, 11) is -3.57. The van der Waals surface area contributed by atoms with Crippen LogP contribution in [0.1, 0.15) is 12.5 Å². The van der Waals surface area contributed by atoms with Gasteiger partial charge in [-0.15, -0.1) is 0 Å². The van der Waals surface area contributed by atoms with E-state index in [4.69, 9.17) is 0 Å². The fourth-order valence-electron chi connectivity index (χ4n) is 2.48. The van der Waals surface area contributed by atoms with Gasteiger partial charge in [0.25, 0.3) is 10.0 Å². The number of anilines is 1. The van der Waals surface area contributed by atoms with Crippen molar-refractivity contribution < 1.29 is 8.42 Å². The molecule has 0 aromatic heterocycles. The molecule has 3 aromatic rings. The van der Waals surface area contributed by atoms with Gasteiger partial charge in [-0.05, 0) is 47.4 Å². The van der Waals surface area contributed by atoms with Crippen molar-refractivity contribution >= 4 is 15.7 Å². The van der Waals surface area contributed by atoms with Crippen LogP contribution in [0.5, 0.6) is 0 Å². The summed E-state index contributed by atoms with van der Waals surface area (Å²) < 4.78 is 27.5.